The van der Waals surface area contributed by atoms with Crippen molar-refractivity contribution in [2.24, 2.45) is 0 Å². The Kier molecular flexibility index (Phi) is 3.97. The second-order valence-corrected chi connectivity index (χ2v) is 4.92. The summed E-state index contributed by atoms with van der Waals surface area (Å²) in [5.41, 5.74) is 0.874. The Morgan fingerprint density at radius 3 is 3.06 bits per heavy atom. The van der Waals surface area contributed by atoms with E-state index in [9.17, 15) is 4.79 Å². The monoisotopic (exact) mass is 253 g/mol. The highest BCUT2D eigenvalue weighted by Crippen LogP contribution is 2.18. The highest BCUT2D eigenvalue weighted by Gasteiger charge is 2.23. The molecule has 1 N–H and O–H groups in total. The first-order valence-electron chi connectivity index (χ1n) is 5.72. The number of nitrogens with one attached hydrogen (secondary N) is 1. The second kappa shape index (κ2) is 5.47. The van der Waals surface area contributed by atoms with E-state index in [0.29, 0.717) is 24.2 Å². The molecular weight excluding hydrogens is 238 g/mol. The topological polar surface area (TPSA) is 45.2 Å². The molecule has 0 aliphatic heterocycles. The molecule has 0 spiro atoms. The largest absolute Gasteiger partial charge is 0.352 e. The molecule has 1 aromatic heterocycles. The van der Waals surface area contributed by atoms with Crippen LogP contribution in [0.2, 0.25) is 5.02 Å². The normalized spacial score (nSPS) is 15.0. The molecule has 0 atom stereocenters. The van der Waals surface area contributed by atoms with E-state index in [-0.39, 0.29) is 5.91 Å². The average Bonchev–Trinajstić information content (AvgIpc) is 3.00. The quantitative estimate of drug-likeness (QED) is 0.864. The maximum atomic E-state index is 11.6. The molecule has 1 heterocycles. The van der Waals surface area contributed by atoms with E-state index in [4.69, 9.17) is 11.6 Å². The lowest BCUT2D eigenvalue weighted by Gasteiger charge is -2.15. The van der Waals surface area contributed by atoms with Crippen molar-refractivity contribution in [3.63, 3.8) is 0 Å². The molecule has 1 fully saturated rings. The number of hydrogen-bond acceptors (Lipinski definition) is 3. The van der Waals surface area contributed by atoms with E-state index in [1.54, 1.807) is 12.3 Å². The predicted molar refractivity (Wildman–Crippen MR) is 66.7 cm³/mol. The van der Waals surface area contributed by atoms with Gasteiger partial charge in [0.05, 0.1) is 12.2 Å². The third-order valence-electron chi connectivity index (χ3n) is 2.57. The lowest BCUT2D eigenvalue weighted by Crippen LogP contribution is -2.36. The van der Waals surface area contributed by atoms with Gasteiger partial charge in [-0.25, -0.2) is 0 Å². The molecule has 5 heteroatoms. The molecule has 4 nitrogen and oxygen atoms in total. The number of rotatable bonds is 5. The average molecular weight is 254 g/mol. The van der Waals surface area contributed by atoms with Gasteiger partial charge in [0.2, 0.25) is 5.91 Å². The molecule has 1 aliphatic carbocycles. The van der Waals surface area contributed by atoms with Crippen LogP contribution in [-0.2, 0) is 11.3 Å². The van der Waals surface area contributed by atoms with Crippen molar-refractivity contribution < 1.29 is 4.79 Å². The number of aromatic nitrogens is 1. The SMILES string of the molecule is CN(CC(=O)NC1CC1)Cc1cc(Cl)ccn1. The number of carbonyl (C=O) groups is 1. The van der Waals surface area contributed by atoms with Crippen LogP contribution >= 0.6 is 11.6 Å². The molecular formula is C12H16ClN3O. The summed E-state index contributed by atoms with van der Waals surface area (Å²) in [6.45, 7) is 1.02. The summed E-state index contributed by atoms with van der Waals surface area (Å²) in [5.74, 6) is 0.0806. The molecule has 17 heavy (non-hydrogen) atoms. The maximum Gasteiger partial charge on any atom is 0.234 e. The van der Waals surface area contributed by atoms with Gasteiger partial charge in [0, 0.05) is 23.8 Å². The van der Waals surface area contributed by atoms with Crippen LogP contribution in [0, 0.1) is 0 Å². The summed E-state index contributed by atoms with van der Waals surface area (Å²) < 4.78 is 0. The fraction of sp³-hybridized carbons (Fsp3) is 0.500. The molecule has 0 radical (unpaired) electrons. The van der Waals surface area contributed by atoms with Crippen LogP contribution in [0.5, 0.6) is 0 Å². The van der Waals surface area contributed by atoms with Crippen LogP contribution in [0.25, 0.3) is 0 Å². The summed E-state index contributed by atoms with van der Waals surface area (Å²) in [4.78, 5) is 17.7. The van der Waals surface area contributed by atoms with Crippen molar-refractivity contribution >= 4 is 17.5 Å². The number of amides is 1. The number of pyridine rings is 1. The molecule has 0 saturated heterocycles. The first-order chi connectivity index (χ1) is 8.13. The Hall–Kier alpha value is -1.13. The zero-order valence-electron chi connectivity index (χ0n) is 9.82. The minimum Gasteiger partial charge on any atom is -0.352 e. The first kappa shape index (κ1) is 12.3. The van der Waals surface area contributed by atoms with E-state index in [0.717, 1.165) is 18.5 Å². The molecule has 0 unspecified atom stereocenters. The van der Waals surface area contributed by atoms with Crippen molar-refractivity contribution in [1.82, 2.24) is 15.2 Å². The smallest absolute Gasteiger partial charge is 0.234 e. The van der Waals surface area contributed by atoms with Crippen LogP contribution in [0.1, 0.15) is 18.5 Å². The van der Waals surface area contributed by atoms with Gasteiger partial charge in [0.15, 0.2) is 0 Å². The standard InChI is InChI=1S/C12H16ClN3O/c1-16(8-12(17)15-10-2-3-10)7-11-6-9(13)4-5-14-11/h4-6,10H,2-3,7-8H2,1H3,(H,15,17). The van der Waals surface area contributed by atoms with E-state index < -0.39 is 0 Å². The Morgan fingerprint density at radius 2 is 2.41 bits per heavy atom. The lowest BCUT2D eigenvalue weighted by atomic mass is 10.3. The van der Waals surface area contributed by atoms with Crippen molar-refractivity contribution in [2.45, 2.75) is 25.4 Å². The van der Waals surface area contributed by atoms with Gasteiger partial charge in [0.1, 0.15) is 0 Å². The van der Waals surface area contributed by atoms with Gasteiger partial charge < -0.3 is 5.32 Å². The van der Waals surface area contributed by atoms with Crippen LogP contribution in [0.3, 0.4) is 0 Å². The third kappa shape index (κ3) is 4.32. The highest BCUT2D eigenvalue weighted by molar-refractivity contribution is 6.30. The van der Waals surface area contributed by atoms with Crippen molar-refractivity contribution in [1.29, 1.82) is 0 Å². The van der Waals surface area contributed by atoms with Crippen molar-refractivity contribution in [3.05, 3.63) is 29.0 Å². The second-order valence-electron chi connectivity index (χ2n) is 4.48. The van der Waals surface area contributed by atoms with E-state index in [2.05, 4.69) is 10.3 Å². The highest BCUT2D eigenvalue weighted by atomic mass is 35.5. The van der Waals surface area contributed by atoms with Gasteiger partial charge in [-0.3, -0.25) is 14.7 Å². The van der Waals surface area contributed by atoms with E-state index >= 15 is 0 Å². The molecule has 1 aliphatic rings. The summed E-state index contributed by atoms with van der Waals surface area (Å²) in [6, 6.07) is 3.97. The molecule has 0 aromatic carbocycles. The van der Waals surface area contributed by atoms with Crippen LogP contribution in [0.15, 0.2) is 18.3 Å². The predicted octanol–water partition coefficient (Wildman–Crippen LogP) is 1.45. The summed E-state index contributed by atoms with van der Waals surface area (Å²) in [7, 11) is 1.90. The Bertz CT molecular complexity index is 406. The third-order valence-corrected chi connectivity index (χ3v) is 2.80. The molecule has 0 bridgehead atoms. The van der Waals surface area contributed by atoms with Crippen molar-refractivity contribution in [3.8, 4) is 0 Å². The van der Waals surface area contributed by atoms with Crippen LogP contribution in [0.4, 0.5) is 0 Å². The summed E-state index contributed by atoms with van der Waals surface area (Å²) >= 11 is 5.87. The number of nitrogens with zero attached hydrogens (tertiary/aromatic N) is 2. The van der Waals surface area contributed by atoms with E-state index in [1.807, 2.05) is 18.0 Å². The number of likely N-dealkylation sites (N-methyl/N-ethyl adjacent to an activating group) is 1. The molecule has 1 aromatic rings. The van der Waals surface area contributed by atoms with Gasteiger partial charge in [-0.1, -0.05) is 11.6 Å². The fourth-order valence-electron chi connectivity index (χ4n) is 1.61. The zero-order chi connectivity index (χ0) is 12.3. The maximum absolute atomic E-state index is 11.6. The van der Waals surface area contributed by atoms with Crippen LogP contribution in [-0.4, -0.2) is 35.4 Å². The zero-order valence-corrected chi connectivity index (χ0v) is 10.6. The van der Waals surface area contributed by atoms with E-state index in [1.165, 1.54) is 0 Å². The minimum absolute atomic E-state index is 0.0806. The molecule has 92 valence electrons. The number of carbonyl (C=O) groups excluding carboxylic acids is 1. The van der Waals surface area contributed by atoms with Gasteiger partial charge in [-0.2, -0.15) is 0 Å². The Balaban J connectivity index is 1.79. The summed E-state index contributed by atoms with van der Waals surface area (Å²) in [6.07, 6.45) is 3.91. The number of halogens is 1. The van der Waals surface area contributed by atoms with Crippen LogP contribution < -0.4 is 5.32 Å². The molecule has 1 saturated carbocycles. The number of hydrogen-bond donors (Lipinski definition) is 1. The van der Waals surface area contributed by atoms with Gasteiger partial charge in [-0.15, -0.1) is 0 Å². The van der Waals surface area contributed by atoms with Gasteiger partial charge in [0.25, 0.3) is 0 Å². The van der Waals surface area contributed by atoms with Gasteiger partial charge in [-0.05, 0) is 32.0 Å². The Labute approximate surface area is 106 Å². The van der Waals surface area contributed by atoms with Gasteiger partial charge >= 0.3 is 0 Å². The first-order valence-corrected chi connectivity index (χ1v) is 6.09. The minimum atomic E-state index is 0.0806. The van der Waals surface area contributed by atoms with Crippen molar-refractivity contribution in [2.75, 3.05) is 13.6 Å². The molecule has 1 amide bonds. The lowest BCUT2D eigenvalue weighted by molar-refractivity contribution is -0.122. The Morgan fingerprint density at radius 1 is 1.65 bits per heavy atom. The molecule has 2 rings (SSSR count). The fourth-order valence-corrected chi connectivity index (χ4v) is 1.80. The summed E-state index contributed by atoms with van der Waals surface area (Å²) in [5, 5.41) is 3.63.